The van der Waals surface area contributed by atoms with Gasteiger partial charge in [-0.2, -0.15) is 13.2 Å². The zero-order valence-electron chi connectivity index (χ0n) is 15.5. The minimum Gasteiger partial charge on any atom is -0.474 e. The Kier molecular flexibility index (Phi) is 6.27. The molecule has 0 spiro atoms. The van der Waals surface area contributed by atoms with Crippen LogP contribution in [0, 0.1) is 10.1 Å². The Bertz CT molecular complexity index is 1000. The Labute approximate surface area is 170 Å². The first-order valence-corrected chi connectivity index (χ1v) is 10.5. The summed E-state index contributed by atoms with van der Waals surface area (Å²) >= 11 is 0. The highest BCUT2D eigenvalue weighted by molar-refractivity contribution is 7.89. The molecule has 1 heterocycles. The van der Waals surface area contributed by atoms with Crippen LogP contribution in [0.3, 0.4) is 0 Å². The Morgan fingerprint density at radius 3 is 2.33 bits per heavy atom. The lowest BCUT2D eigenvalue weighted by atomic mass is 9.94. The molecule has 0 amide bonds. The number of halogens is 3. The number of aromatic nitrogens is 1. The predicted molar refractivity (Wildman–Crippen MR) is 99.3 cm³/mol. The number of nitrogens with one attached hydrogen (secondary N) is 1. The topological polar surface area (TPSA) is 111 Å². The fourth-order valence-corrected chi connectivity index (χ4v) is 4.68. The van der Waals surface area contributed by atoms with E-state index in [0.717, 1.165) is 18.2 Å². The summed E-state index contributed by atoms with van der Waals surface area (Å²) in [6.45, 7) is 0. The van der Waals surface area contributed by atoms with Gasteiger partial charge < -0.3 is 4.74 Å². The van der Waals surface area contributed by atoms with Crippen molar-refractivity contribution < 1.29 is 31.2 Å². The van der Waals surface area contributed by atoms with E-state index >= 15 is 0 Å². The molecule has 1 fully saturated rings. The van der Waals surface area contributed by atoms with Gasteiger partial charge in [0.1, 0.15) is 6.10 Å². The van der Waals surface area contributed by atoms with Crippen molar-refractivity contribution in [3.63, 3.8) is 0 Å². The van der Waals surface area contributed by atoms with Crippen LogP contribution in [-0.2, 0) is 16.2 Å². The molecule has 1 saturated carbocycles. The highest BCUT2D eigenvalue weighted by Gasteiger charge is 2.32. The number of nitro groups is 1. The fraction of sp³-hybridized carbons (Fsp3) is 0.389. The number of nitrogens with zero attached hydrogens (tertiary/aromatic N) is 2. The highest BCUT2D eigenvalue weighted by atomic mass is 32.2. The molecule has 0 unspecified atom stereocenters. The van der Waals surface area contributed by atoms with Crippen LogP contribution in [0.2, 0.25) is 0 Å². The third-order valence-corrected chi connectivity index (χ3v) is 6.27. The van der Waals surface area contributed by atoms with Gasteiger partial charge in [0.05, 0.1) is 10.5 Å². The van der Waals surface area contributed by atoms with Crippen molar-refractivity contribution in [2.24, 2.45) is 0 Å². The molecule has 30 heavy (non-hydrogen) atoms. The van der Waals surface area contributed by atoms with Gasteiger partial charge in [0.15, 0.2) is 4.90 Å². The zero-order valence-corrected chi connectivity index (χ0v) is 16.3. The summed E-state index contributed by atoms with van der Waals surface area (Å²) in [7, 11) is -4.08. The van der Waals surface area contributed by atoms with E-state index in [9.17, 15) is 31.7 Å². The maximum absolute atomic E-state index is 12.6. The largest absolute Gasteiger partial charge is 0.474 e. The molecule has 1 aromatic heterocycles. The number of sulfonamides is 1. The van der Waals surface area contributed by atoms with Crippen molar-refractivity contribution in [1.29, 1.82) is 0 Å². The van der Waals surface area contributed by atoms with Crippen molar-refractivity contribution in [2.45, 2.75) is 48.9 Å². The summed E-state index contributed by atoms with van der Waals surface area (Å²) in [5, 5.41) is 11.1. The average molecular weight is 445 g/mol. The van der Waals surface area contributed by atoms with Gasteiger partial charge in [-0.3, -0.25) is 10.1 Å². The van der Waals surface area contributed by atoms with E-state index < -0.39 is 43.3 Å². The Morgan fingerprint density at radius 1 is 1.10 bits per heavy atom. The third kappa shape index (κ3) is 5.25. The lowest BCUT2D eigenvalue weighted by Crippen LogP contribution is -2.39. The second kappa shape index (κ2) is 8.56. The predicted octanol–water partition coefficient (Wildman–Crippen LogP) is 3.68. The summed E-state index contributed by atoms with van der Waals surface area (Å²) in [6.07, 6.45) is -2.38. The summed E-state index contributed by atoms with van der Waals surface area (Å²) in [4.78, 5) is 13.6. The first-order chi connectivity index (χ1) is 14.1. The minimum absolute atomic E-state index is 0.0620. The van der Waals surface area contributed by atoms with Crippen molar-refractivity contribution in [1.82, 2.24) is 9.71 Å². The molecule has 0 atom stereocenters. The molecule has 0 aliphatic heterocycles. The standard InChI is InChI=1S/C18H18F3N3O5S/c19-18(20,21)12-5-10-17(22-11-12)29-14-8-6-13(7-9-14)23-30(27,28)16-4-2-1-3-15(16)24(25)26/h1-5,10-11,13-14,23H,6-9H2. The molecular weight excluding hydrogens is 427 g/mol. The molecule has 12 heteroatoms. The van der Waals surface area contributed by atoms with Gasteiger partial charge >= 0.3 is 6.18 Å². The molecular formula is C18H18F3N3O5S. The first kappa shape index (κ1) is 22.0. The Balaban J connectivity index is 1.58. The third-order valence-electron chi connectivity index (χ3n) is 4.70. The highest BCUT2D eigenvalue weighted by Crippen LogP contribution is 2.30. The van der Waals surface area contributed by atoms with Crippen LogP contribution in [0.5, 0.6) is 5.88 Å². The van der Waals surface area contributed by atoms with E-state index in [0.29, 0.717) is 31.9 Å². The van der Waals surface area contributed by atoms with Gasteiger partial charge in [0, 0.05) is 24.4 Å². The number of rotatable bonds is 6. The number of hydrogen-bond acceptors (Lipinski definition) is 6. The smallest absolute Gasteiger partial charge is 0.417 e. The summed E-state index contributed by atoms with van der Waals surface area (Å²) in [5.41, 5.74) is -1.38. The Hall–Kier alpha value is -2.73. The lowest BCUT2D eigenvalue weighted by Gasteiger charge is -2.29. The van der Waals surface area contributed by atoms with Crippen LogP contribution in [0.25, 0.3) is 0 Å². The van der Waals surface area contributed by atoms with Gasteiger partial charge in [-0.25, -0.2) is 18.1 Å². The first-order valence-electron chi connectivity index (χ1n) is 9.02. The van der Waals surface area contributed by atoms with Crippen LogP contribution < -0.4 is 9.46 Å². The molecule has 1 aliphatic carbocycles. The maximum Gasteiger partial charge on any atom is 0.417 e. The number of para-hydroxylation sites is 1. The van der Waals surface area contributed by atoms with Gasteiger partial charge in [-0.1, -0.05) is 12.1 Å². The molecule has 0 bridgehead atoms. The van der Waals surface area contributed by atoms with Gasteiger partial charge in [0.2, 0.25) is 15.9 Å². The summed E-state index contributed by atoms with van der Waals surface area (Å²) in [6, 6.07) is 6.68. The number of benzene rings is 1. The van der Waals surface area contributed by atoms with E-state index in [4.69, 9.17) is 4.74 Å². The lowest BCUT2D eigenvalue weighted by molar-refractivity contribution is -0.387. The normalized spacial score (nSPS) is 20.0. The monoisotopic (exact) mass is 445 g/mol. The molecule has 2 aromatic rings. The molecule has 1 aromatic carbocycles. The molecule has 162 valence electrons. The number of pyridine rings is 1. The fourth-order valence-electron chi connectivity index (χ4n) is 3.21. The van der Waals surface area contributed by atoms with Crippen LogP contribution in [0.1, 0.15) is 31.2 Å². The second-order valence-corrected chi connectivity index (χ2v) is 8.50. The van der Waals surface area contributed by atoms with Gasteiger partial charge in [0.25, 0.3) is 5.69 Å². The van der Waals surface area contributed by atoms with Crippen molar-refractivity contribution in [2.75, 3.05) is 0 Å². The van der Waals surface area contributed by atoms with Gasteiger partial charge in [-0.05, 0) is 37.8 Å². The average Bonchev–Trinajstić information content (AvgIpc) is 2.69. The van der Waals surface area contributed by atoms with Crippen molar-refractivity contribution >= 4 is 15.7 Å². The van der Waals surface area contributed by atoms with Crippen LogP contribution in [0.4, 0.5) is 18.9 Å². The van der Waals surface area contributed by atoms with Crippen LogP contribution >= 0.6 is 0 Å². The Morgan fingerprint density at radius 2 is 1.77 bits per heavy atom. The van der Waals surface area contributed by atoms with Crippen molar-refractivity contribution in [3.05, 3.63) is 58.3 Å². The molecule has 1 aliphatic rings. The number of alkyl halides is 3. The van der Waals surface area contributed by atoms with Crippen LogP contribution in [0.15, 0.2) is 47.5 Å². The van der Waals surface area contributed by atoms with E-state index in [2.05, 4.69) is 9.71 Å². The summed E-state index contributed by atoms with van der Waals surface area (Å²) < 4.78 is 70.9. The van der Waals surface area contributed by atoms with Gasteiger partial charge in [-0.15, -0.1) is 0 Å². The second-order valence-electron chi connectivity index (χ2n) is 6.82. The van der Waals surface area contributed by atoms with E-state index in [1.807, 2.05) is 0 Å². The maximum atomic E-state index is 12.6. The molecule has 1 N–H and O–H groups in total. The molecule has 0 radical (unpaired) electrons. The van der Waals surface area contributed by atoms with Crippen LogP contribution in [-0.4, -0.2) is 30.5 Å². The number of nitro benzene ring substituents is 1. The summed E-state index contributed by atoms with van der Waals surface area (Å²) in [5.74, 6) is 0.0620. The number of ether oxygens (including phenoxy) is 1. The molecule has 0 saturated heterocycles. The quantitative estimate of drug-likeness (QED) is 0.536. The SMILES string of the molecule is O=[N+]([O-])c1ccccc1S(=O)(=O)NC1CCC(Oc2ccc(C(F)(F)F)cn2)CC1. The minimum atomic E-state index is -4.48. The van der Waals surface area contributed by atoms with Crippen molar-refractivity contribution in [3.8, 4) is 5.88 Å². The van der Waals surface area contributed by atoms with E-state index in [1.165, 1.54) is 18.2 Å². The molecule has 8 nitrogen and oxygen atoms in total. The molecule has 3 rings (SSSR count). The number of hydrogen-bond donors (Lipinski definition) is 1. The van der Waals surface area contributed by atoms with E-state index in [1.54, 1.807) is 0 Å². The zero-order chi connectivity index (χ0) is 21.9. The van der Waals surface area contributed by atoms with E-state index in [-0.39, 0.29) is 12.0 Å².